The monoisotopic (exact) mass is 244 g/mol. The van der Waals surface area contributed by atoms with Gasteiger partial charge in [-0.3, -0.25) is 9.69 Å². The van der Waals surface area contributed by atoms with Gasteiger partial charge < -0.3 is 10.4 Å². The number of nitrogens with zero attached hydrogens (tertiary/aromatic N) is 1. The van der Waals surface area contributed by atoms with E-state index >= 15 is 0 Å². The van der Waals surface area contributed by atoms with Gasteiger partial charge in [0, 0.05) is 25.2 Å². The minimum atomic E-state index is -0.763. The van der Waals surface area contributed by atoms with Crippen LogP contribution >= 0.6 is 0 Å². The van der Waals surface area contributed by atoms with E-state index in [-0.39, 0.29) is 5.92 Å². The maximum Gasteiger partial charge on any atom is 0.320 e. The second-order valence-corrected chi connectivity index (χ2v) is 5.44. The van der Waals surface area contributed by atoms with Crippen molar-refractivity contribution in [2.24, 2.45) is 5.92 Å². The van der Waals surface area contributed by atoms with Crippen molar-refractivity contribution in [2.75, 3.05) is 13.1 Å². The van der Waals surface area contributed by atoms with E-state index in [1.165, 1.54) is 0 Å². The zero-order valence-electron chi connectivity index (χ0n) is 12.0. The van der Waals surface area contributed by atoms with Gasteiger partial charge in [0.2, 0.25) is 0 Å². The normalized spacial score (nSPS) is 14.0. The van der Waals surface area contributed by atoms with Crippen molar-refractivity contribution in [2.45, 2.75) is 59.7 Å². The minimum absolute atomic E-state index is 0.110. The van der Waals surface area contributed by atoms with Crippen LogP contribution in [0.15, 0.2) is 0 Å². The van der Waals surface area contributed by atoms with Crippen LogP contribution in [0.25, 0.3) is 0 Å². The number of carboxylic acid groups (broad SMARTS) is 1. The topological polar surface area (TPSA) is 52.6 Å². The molecule has 0 amide bonds. The third kappa shape index (κ3) is 6.03. The van der Waals surface area contributed by atoms with Crippen LogP contribution in [-0.4, -0.2) is 47.2 Å². The van der Waals surface area contributed by atoms with Gasteiger partial charge in [0.05, 0.1) is 0 Å². The summed E-state index contributed by atoms with van der Waals surface area (Å²) in [5, 5.41) is 12.2. The van der Waals surface area contributed by atoms with Crippen molar-refractivity contribution >= 4 is 5.97 Å². The minimum Gasteiger partial charge on any atom is -0.480 e. The Hall–Kier alpha value is -0.610. The first-order valence-electron chi connectivity index (χ1n) is 6.49. The number of aliphatic carboxylic acids is 1. The number of nitrogens with one attached hydrogen (secondary N) is 1. The Bertz CT molecular complexity index is 219. The molecule has 102 valence electrons. The Kier molecular flexibility index (Phi) is 7.39. The highest BCUT2D eigenvalue weighted by molar-refractivity contribution is 5.73. The van der Waals surface area contributed by atoms with Crippen LogP contribution < -0.4 is 5.32 Å². The molecule has 17 heavy (non-hydrogen) atoms. The maximum absolute atomic E-state index is 11.0. The Morgan fingerprint density at radius 1 is 1.12 bits per heavy atom. The summed E-state index contributed by atoms with van der Waals surface area (Å²) in [5.74, 6) is -0.653. The lowest BCUT2D eigenvalue weighted by Gasteiger charge is -2.31. The highest BCUT2D eigenvalue weighted by atomic mass is 16.4. The van der Waals surface area contributed by atoms with Crippen molar-refractivity contribution in [3.63, 3.8) is 0 Å². The average Bonchev–Trinajstić information content (AvgIpc) is 2.14. The number of carboxylic acids is 1. The summed E-state index contributed by atoms with van der Waals surface area (Å²) in [6.07, 6.45) is 0. The van der Waals surface area contributed by atoms with E-state index in [0.717, 1.165) is 6.54 Å². The maximum atomic E-state index is 11.0. The molecule has 0 radical (unpaired) electrons. The highest BCUT2D eigenvalue weighted by Gasteiger charge is 2.21. The molecule has 0 saturated carbocycles. The van der Waals surface area contributed by atoms with Crippen molar-refractivity contribution in [1.29, 1.82) is 0 Å². The molecule has 2 N–H and O–H groups in total. The summed E-state index contributed by atoms with van der Waals surface area (Å²) in [5.41, 5.74) is 0. The van der Waals surface area contributed by atoms with Crippen LogP contribution in [0.2, 0.25) is 0 Å². The summed E-state index contributed by atoms with van der Waals surface area (Å²) in [6, 6.07) is 0.523. The van der Waals surface area contributed by atoms with Crippen LogP contribution in [0.5, 0.6) is 0 Å². The lowest BCUT2D eigenvalue weighted by atomic mass is 10.1. The van der Waals surface area contributed by atoms with Gasteiger partial charge in [-0.2, -0.15) is 0 Å². The molecule has 1 atom stereocenters. The van der Waals surface area contributed by atoms with Gasteiger partial charge in [0.1, 0.15) is 6.04 Å². The predicted molar refractivity (Wildman–Crippen MR) is 71.2 cm³/mol. The molecule has 1 unspecified atom stereocenters. The number of rotatable bonds is 8. The molecule has 0 rings (SSSR count). The van der Waals surface area contributed by atoms with Crippen LogP contribution in [-0.2, 0) is 4.79 Å². The molecule has 4 nitrogen and oxygen atoms in total. The Morgan fingerprint density at radius 3 is 1.88 bits per heavy atom. The summed E-state index contributed by atoms with van der Waals surface area (Å²) < 4.78 is 0. The van der Waals surface area contributed by atoms with E-state index < -0.39 is 12.0 Å². The summed E-state index contributed by atoms with van der Waals surface area (Å²) in [6.45, 7) is 14.1. The summed E-state index contributed by atoms with van der Waals surface area (Å²) in [7, 11) is 0. The number of hydrogen-bond acceptors (Lipinski definition) is 3. The van der Waals surface area contributed by atoms with Gasteiger partial charge in [-0.1, -0.05) is 13.8 Å². The molecule has 0 fully saturated rings. The fourth-order valence-corrected chi connectivity index (χ4v) is 2.07. The molecule has 0 heterocycles. The standard InChI is InChI=1S/C13H28N2O2/c1-9(2)12(13(16)17)14-7-8-15(10(3)4)11(5)6/h9-12,14H,7-8H2,1-6H3,(H,16,17). The number of hydrogen-bond donors (Lipinski definition) is 2. The predicted octanol–water partition coefficient (Wildman–Crippen LogP) is 1.80. The second-order valence-electron chi connectivity index (χ2n) is 5.44. The summed E-state index contributed by atoms with van der Waals surface area (Å²) in [4.78, 5) is 13.4. The fourth-order valence-electron chi connectivity index (χ4n) is 2.07. The van der Waals surface area contributed by atoms with Gasteiger partial charge in [-0.25, -0.2) is 0 Å². The Balaban J connectivity index is 4.14. The first-order valence-corrected chi connectivity index (χ1v) is 6.49. The van der Waals surface area contributed by atoms with E-state index in [4.69, 9.17) is 5.11 Å². The Labute approximate surface area is 105 Å². The Morgan fingerprint density at radius 2 is 1.59 bits per heavy atom. The van der Waals surface area contributed by atoms with E-state index in [9.17, 15) is 4.79 Å². The molecule has 0 aromatic carbocycles. The van der Waals surface area contributed by atoms with Crippen LogP contribution in [0, 0.1) is 5.92 Å². The van der Waals surface area contributed by atoms with Gasteiger partial charge >= 0.3 is 5.97 Å². The van der Waals surface area contributed by atoms with Gasteiger partial charge in [0.25, 0.3) is 0 Å². The lowest BCUT2D eigenvalue weighted by Crippen LogP contribution is -2.47. The van der Waals surface area contributed by atoms with Crippen LogP contribution in [0.4, 0.5) is 0 Å². The average molecular weight is 244 g/mol. The molecule has 0 saturated heterocycles. The molecule has 0 aliphatic heterocycles. The quantitative estimate of drug-likeness (QED) is 0.683. The molecule has 0 aliphatic rings. The van der Waals surface area contributed by atoms with E-state index in [2.05, 4.69) is 37.9 Å². The zero-order chi connectivity index (χ0) is 13.6. The van der Waals surface area contributed by atoms with Crippen molar-refractivity contribution in [1.82, 2.24) is 10.2 Å². The third-order valence-corrected chi connectivity index (χ3v) is 2.99. The molecule has 0 aliphatic carbocycles. The first-order chi connectivity index (χ1) is 7.77. The van der Waals surface area contributed by atoms with Crippen LogP contribution in [0.3, 0.4) is 0 Å². The van der Waals surface area contributed by atoms with E-state index in [1.807, 2.05) is 13.8 Å². The molecular formula is C13H28N2O2. The van der Waals surface area contributed by atoms with E-state index in [0.29, 0.717) is 18.6 Å². The fraction of sp³-hybridized carbons (Fsp3) is 0.923. The van der Waals surface area contributed by atoms with Gasteiger partial charge in [-0.15, -0.1) is 0 Å². The molecule has 0 bridgehead atoms. The first kappa shape index (κ1) is 16.4. The van der Waals surface area contributed by atoms with Crippen molar-refractivity contribution in [3.05, 3.63) is 0 Å². The smallest absolute Gasteiger partial charge is 0.320 e. The lowest BCUT2D eigenvalue weighted by molar-refractivity contribution is -0.140. The van der Waals surface area contributed by atoms with Crippen molar-refractivity contribution < 1.29 is 9.90 Å². The van der Waals surface area contributed by atoms with E-state index in [1.54, 1.807) is 0 Å². The number of carbonyl (C=O) groups is 1. The second kappa shape index (κ2) is 7.67. The molecular weight excluding hydrogens is 216 g/mol. The van der Waals surface area contributed by atoms with Crippen LogP contribution in [0.1, 0.15) is 41.5 Å². The van der Waals surface area contributed by atoms with Crippen molar-refractivity contribution in [3.8, 4) is 0 Å². The zero-order valence-corrected chi connectivity index (χ0v) is 12.0. The molecule has 0 spiro atoms. The molecule has 0 aromatic rings. The molecule has 4 heteroatoms. The highest BCUT2D eigenvalue weighted by Crippen LogP contribution is 2.05. The van der Waals surface area contributed by atoms with Gasteiger partial charge in [-0.05, 0) is 33.6 Å². The SMILES string of the molecule is CC(C)C(NCCN(C(C)C)C(C)C)C(=O)O. The third-order valence-electron chi connectivity index (χ3n) is 2.99. The largest absolute Gasteiger partial charge is 0.480 e. The molecule has 0 aromatic heterocycles. The van der Waals surface area contributed by atoms with Gasteiger partial charge in [0.15, 0.2) is 0 Å². The summed E-state index contributed by atoms with van der Waals surface area (Å²) >= 11 is 0.